The molecule has 4 aromatic rings. The van der Waals surface area contributed by atoms with Gasteiger partial charge >= 0.3 is 0 Å². The first kappa shape index (κ1) is 16.7. The highest BCUT2D eigenvalue weighted by atomic mass is 16.2. The van der Waals surface area contributed by atoms with Crippen LogP contribution in [0, 0.1) is 5.92 Å². The number of nitrogens with one attached hydrogen (secondary N) is 1. The average molecular weight is 364 g/mol. The van der Waals surface area contributed by atoms with Crippen LogP contribution in [0.1, 0.15) is 23.5 Å². The number of hydrazone groups is 1. The van der Waals surface area contributed by atoms with E-state index in [1.54, 1.807) is 6.21 Å². The van der Waals surface area contributed by atoms with Gasteiger partial charge in [-0.15, -0.1) is 0 Å². The number of nitrogens with zero attached hydrogens (tertiary/aromatic N) is 1. The summed E-state index contributed by atoms with van der Waals surface area (Å²) in [6, 6.07) is 28.9. The van der Waals surface area contributed by atoms with Crippen molar-refractivity contribution in [1.82, 2.24) is 5.43 Å². The highest BCUT2D eigenvalue weighted by Gasteiger charge is 2.43. The van der Waals surface area contributed by atoms with Crippen molar-refractivity contribution >= 4 is 33.7 Å². The van der Waals surface area contributed by atoms with Crippen molar-refractivity contribution in [2.75, 3.05) is 0 Å². The van der Waals surface area contributed by atoms with Gasteiger partial charge in [-0.25, -0.2) is 5.43 Å². The largest absolute Gasteiger partial charge is 0.273 e. The van der Waals surface area contributed by atoms with E-state index in [4.69, 9.17) is 0 Å². The monoisotopic (exact) mass is 364 g/mol. The smallest absolute Gasteiger partial charge is 0.243 e. The Morgan fingerprint density at radius 1 is 0.857 bits per heavy atom. The van der Waals surface area contributed by atoms with Gasteiger partial charge in [-0.05, 0) is 45.5 Å². The number of carbonyl (C=O) groups excluding carboxylic acids is 1. The fourth-order valence-electron chi connectivity index (χ4n) is 3.98. The summed E-state index contributed by atoms with van der Waals surface area (Å²) in [7, 11) is 0. The van der Waals surface area contributed by atoms with E-state index in [9.17, 15) is 4.79 Å². The van der Waals surface area contributed by atoms with Crippen LogP contribution in [0.25, 0.3) is 21.5 Å². The quantitative estimate of drug-likeness (QED) is 0.300. The van der Waals surface area contributed by atoms with Crippen LogP contribution in [-0.2, 0) is 4.79 Å². The van der Waals surface area contributed by atoms with Gasteiger partial charge in [0.25, 0.3) is 0 Å². The predicted molar refractivity (Wildman–Crippen MR) is 114 cm³/mol. The van der Waals surface area contributed by atoms with Crippen LogP contribution in [0.4, 0.5) is 0 Å². The van der Waals surface area contributed by atoms with Crippen LogP contribution in [0.5, 0.6) is 0 Å². The molecule has 0 saturated heterocycles. The normalized spacial score (nSPS) is 18.6. The molecule has 0 aliphatic heterocycles. The zero-order chi connectivity index (χ0) is 18.9. The molecule has 1 aliphatic rings. The molecular weight excluding hydrogens is 344 g/mol. The third-order valence-electron chi connectivity index (χ3n) is 5.54. The van der Waals surface area contributed by atoms with E-state index in [1.165, 1.54) is 16.3 Å². The van der Waals surface area contributed by atoms with Crippen LogP contribution in [0.3, 0.4) is 0 Å². The third-order valence-corrected chi connectivity index (χ3v) is 5.54. The van der Waals surface area contributed by atoms with E-state index < -0.39 is 0 Å². The number of hydrogen-bond donors (Lipinski definition) is 1. The lowest BCUT2D eigenvalue weighted by molar-refractivity contribution is -0.122. The summed E-state index contributed by atoms with van der Waals surface area (Å²) in [6.07, 6.45) is 2.67. The van der Waals surface area contributed by atoms with Crippen molar-refractivity contribution in [1.29, 1.82) is 0 Å². The zero-order valence-corrected chi connectivity index (χ0v) is 15.4. The maximum atomic E-state index is 12.5. The average Bonchev–Trinajstić information content (AvgIpc) is 3.55. The molecule has 0 bridgehead atoms. The van der Waals surface area contributed by atoms with Gasteiger partial charge in [0.15, 0.2) is 0 Å². The van der Waals surface area contributed by atoms with Gasteiger partial charge in [-0.3, -0.25) is 4.79 Å². The predicted octanol–water partition coefficient (Wildman–Crippen LogP) is 5.25. The second-order valence-corrected chi connectivity index (χ2v) is 7.33. The fraction of sp³-hybridized carbons (Fsp3) is 0.120. The first-order chi connectivity index (χ1) is 13.8. The van der Waals surface area contributed by atoms with E-state index in [-0.39, 0.29) is 11.8 Å². The number of amides is 1. The molecular formula is C25H20N2O. The lowest BCUT2D eigenvalue weighted by Gasteiger charge is -2.08. The second-order valence-electron chi connectivity index (χ2n) is 7.33. The van der Waals surface area contributed by atoms with Gasteiger partial charge in [0.05, 0.1) is 6.21 Å². The van der Waals surface area contributed by atoms with E-state index >= 15 is 0 Å². The fourth-order valence-corrected chi connectivity index (χ4v) is 3.98. The van der Waals surface area contributed by atoms with Crippen molar-refractivity contribution in [3.63, 3.8) is 0 Å². The molecule has 0 radical (unpaired) electrons. The Labute approximate surface area is 163 Å². The van der Waals surface area contributed by atoms with E-state index in [0.717, 1.165) is 22.8 Å². The van der Waals surface area contributed by atoms with E-state index in [0.29, 0.717) is 5.92 Å². The highest BCUT2D eigenvalue weighted by molar-refractivity contribution is 6.13. The lowest BCUT2D eigenvalue weighted by atomic mass is 9.97. The van der Waals surface area contributed by atoms with Crippen LogP contribution in [0.2, 0.25) is 0 Å². The molecule has 2 atom stereocenters. The molecule has 1 fully saturated rings. The first-order valence-electron chi connectivity index (χ1n) is 9.59. The lowest BCUT2D eigenvalue weighted by Crippen LogP contribution is -2.20. The molecule has 28 heavy (non-hydrogen) atoms. The van der Waals surface area contributed by atoms with Crippen LogP contribution < -0.4 is 5.43 Å². The Morgan fingerprint density at radius 2 is 1.46 bits per heavy atom. The molecule has 1 aliphatic carbocycles. The summed E-state index contributed by atoms with van der Waals surface area (Å²) >= 11 is 0. The molecule has 0 heterocycles. The zero-order valence-electron chi connectivity index (χ0n) is 15.4. The molecule has 136 valence electrons. The number of hydrogen-bond acceptors (Lipinski definition) is 2. The molecule has 4 aromatic carbocycles. The first-order valence-corrected chi connectivity index (χ1v) is 9.59. The summed E-state index contributed by atoms with van der Waals surface area (Å²) < 4.78 is 0. The Hall–Kier alpha value is -3.46. The van der Waals surface area contributed by atoms with Crippen molar-refractivity contribution in [2.24, 2.45) is 11.0 Å². The summed E-state index contributed by atoms with van der Waals surface area (Å²) in [5.41, 5.74) is 5.01. The van der Waals surface area contributed by atoms with Crippen molar-refractivity contribution in [3.05, 3.63) is 96.1 Å². The molecule has 1 saturated carbocycles. The summed E-state index contributed by atoms with van der Waals surface area (Å²) in [4.78, 5) is 12.5. The van der Waals surface area contributed by atoms with Gasteiger partial charge in [0.2, 0.25) is 5.91 Å². The molecule has 0 unspecified atom stereocenters. The van der Waals surface area contributed by atoms with Gasteiger partial charge < -0.3 is 0 Å². The van der Waals surface area contributed by atoms with Crippen LogP contribution in [0.15, 0.2) is 90.0 Å². The number of benzene rings is 4. The van der Waals surface area contributed by atoms with Gasteiger partial charge in [0, 0.05) is 11.5 Å². The topological polar surface area (TPSA) is 41.5 Å². The molecule has 1 amide bonds. The summed E-state index contributed by atoms with van der Waals surface area (Å²) in [5, 5.41) is 8.90. The Kier molecular flexibility index (Phi) is 4.13. The minimum absolute atomic E-state index is 0.00496. The number of rotatable bonds is 4. The van der Waals surface area contributed by atoms with E-state index in [2.05, 4.69) is 53.0 Å². The van der Waals surface area contributed by atoms with Crippen molar-refractivity contribution in [2.45, 2.75) is 12.3 Å². The van der Waals surface area contributed by atoms with Gasteiger partial charge in [-0.1, -0.05) is 78.9 Å². The van der Waals surface area contributed by atoms with Crippen molar-refractivity contribution < 1.29 is 4.79 Å². The SMILES string of the molecule is O=C(N/N=C\c1c2ccccc2cc2ccccc12)[C@H]1C[C@@H]1c1ccccc1. The standard InChI is InChI=1S/C25H20N2O/c28-25(23-15-22(23)17-8-2-1-3-9-17)27-26-16-24-20-12-6-4-10-18(20)14-19-11-5-7-13-21(19)24/h1-14,16,22-23H,15H2,(H,27,28)/b26-16-/t22-,23+/m1/s1. The third kappa shape index (κ3) is 3.05. The maximum Gasteiger partial charge on any atom is 0.243 e. The Morgan fingerprint density at radius 3 is 2.14 bits per heavy atom. The van der Waals surface area contributed by atoms with Crippen LogP contribution >= 0.6 is 0 Å². The van der Waals surface area contributed by atoms with Crippen LogP contribution in [-0.4, -0.2) is 12.1 Å². The number of fused-ring (bicyclic) bond motifs is 2. The molecule has 1 N–H and O–H groups in total. The van der Waals surface area contributed by atoms with E-state index in [1.807, 2.05) is 42.5 Å². The Bertz CT molecular complexity index is 1140. The summed E-state index contributed by atoms with van der Waals surface area (Å²) in [6.45, 7) is 0. The molecule has 3 heteroatoms. The van der Waals surface area contributed by atoms with Gasteiger partial charge in [0.1, 0.15) is 0 Å². The minimum atomic E-state index is -0.00496. The second kappa shape index (κ2) is 6.93. The highest BCUT2D eigenvalue weighted by Crippen LogP contribution is 2.47. The van der Waals surface area contributed by atoms with Gasteiger partial charge in [-0.2, -0.15) is 5.10 Å². The Balaban J connectivity index is 1.39. The maximum absolute atomic E-state index is 12.5. The minimum Gasteiger partial charge on any atom is -0.273 e. The molecule has 0 spiro atoms. The summed E-state index contributed by atoms with van der Waals surface area (Å²) in [5.74, 6) is 0.327. The molecule has 0 aromatic heterocycles. The molecule has 3 nitrogen and oxygen atoms in total. The molecule has 5 rings (SSSR count). The number of carbonyl (C=O) groups is 1. The van der Waals surface area contributed by atoms with Crippen molar-refractivity contribution in [3.8, 4) is 0 Å².